The molecule has 152 valence electrons. The van der Waals surface area contributed by atoms with E-state index < -0.39 is 0 Å². The van der Waals surface area contributed by atoms with Crippen LogP contribution in [0.4, 0.5) is 5.82 Å². The first-order valence-electron chi connectivity index (χ1n) is 9.95. The topological polar surface area (TPSA) is 57.8 Å². The lowest BCUT2D eigenvalue weighted by Gasteiger charge is -2.38. The molecule has 2 aromatic carbocycles. The van der Waals surface area contributed by atoms with Gasteiger partial charge in [-0.3, -0.25) is 9.89 Å². The van der Waals surface area contributed by atoms with E-state index >= 15 is 0 Å². The summed E-state index contributed by atoms with van der Waals surface area (Å²) in [5.41, 5.74) is 5.77. The van der Waals surface area contributed by atoms with Crippen LogP contribution in [0.15, 0.2) is 64.3 Å². The van der Waals surface area contributed by atoms with Crippen LogP contribution in [0.2, 0.25) is 5.02 Å². The van der Waals surface area contributed by atoms with Crippen LogP contribution in [0.3, 0.4) is 0 Å². The highest BCUT2D eigenvalue weighted by Gasteiger charge is 2.42. The molecule has 0 radical (unpaired) electrons. The molecule has 1 aliphatic carbocycles. The summed E-state index contributed by atoms with van der Waals surface area (Å²) in [6.45, 7) is 4.29. The number of halogens is 2. The summed E-state index contributed by atoms with van der Waals surface area (Å²) in [4.78, 5) is 13.4. The van der Waals surface area contributed by atoms with Gasteiger partial charge in [-0.05, 0) is 41.7 Å². The van der Waals surface area contributed by atoms with E-state index in [4.69, 9.17) is 11.6 Å². The summed E-state index contributed by atoms with van der Waals surface area (Å²) < 4.78 is 1.01. The van der Waals surface area contributed by atoms with Gasteiger partial charge in [-0.2, -0.15) is 5.10 Å². The third-order valence-electron chi connectivity index (χ3n) is 5.91. The molecule has 1 aliphatic heterocycles. The summed E-state index contributed by atoms with van der Waals surface area (Å²) in [6, 6.07) is 15.9. The van der Waals surface area contributed by atoms with Crippen LogP contribution in [0.5, 0.6) is 0 Å². The summed E-state index contributed by atoms with van der Waals surface area (Å²) in [6.07, 6.45) is 1.37. The van der Waals surface area contributed by atoms with Crippen molar-refractivity contribution in [3.8, 4) is 11.3 Å². The van der Waals surface area contributed by atoms with Crippen LogP contribution in [0.25, 0.3) is 11.3 Å². The monoisotopic (exact) mass is 481 g/mol. The van der Waals surface area contributed by atoms with Crippen molar-refractivity contribution in [1.82, 2.24) is 10.2 Å². The molecule has 6 heteroatoms. The number of H-pyrrole nitrogens is 1. The number of aromatic amines is 1. The van der Waals surface area contributed by atoms with Gasteiger partial charge in [-0.25, -0.2) is 0 Å². The van der Waals surface area contributed by atoms with Crippen molar-refractivity contribution in [3.63, 3.8) is 0 Å². The Morgan fingerprint density at radius 2 is 1.77 bits per heavy atom. The van der Waals surface area contributed by atoms with E-state index in [1.165, 1.54) is 0 Å². The van der Waals surface area contributed by atoms with Crippen molar-refractivity contribution < 1.29 is 4.79 Å². The Balaban J connectivity index is 1.73. The quantitative estimate of drug-likeness (QED) is 0.427. The molecule has 0 saturated heterocycles. The summed E-state index contributed by atoms with van der Waals surface area (Å²) >= 11 is 9.62. The van der Waals surface area contributed by atoms with Crippen molar-refractivity contribution in [2.45, 2.75) is 32.6 Å². The van der Waals surface area contributed by atoms with Crippen molar-refractivity contribution in [2.75, 3.05) is 5.32 Å². The third kappa shape index (κ3) is 3.30. The lowest BCUT2D eigenvalue weighted by molar-refractivity contribution is -0.118. The SMILES string of the molecule is CC1(C)CC(=O)C2=C(C1)Nc1n[nH]c(-c3ccc(Cl)cc3)c1C2c1ccc(Br)cc1. The van der Waals surface area contributed by atoms with Crippen LogP contribution in [-0.2, 0) is 4.79 Å². The molecule has 3 aromatic rings. The lowest BCUT2D eigenvalue weighted by atomic mass is 9.69. The standard InChI is InChI=1S/C24H21BrClN3O/c1-24(2)11-17-20(18(30)12-24)19(13-3-7-15(25)8-4-13)21-22(28-29-23(21)27-17)14-5-9-16(26)10-6-14/h3-10,19H,11-12H2,1-2H3,(H2,27,28,29). The highest BCUT2D eigenvalue weighted by atomic mass is 79.9. The summed E-state index contributed by atoms with van der Waals surface area (Å²) in [7, 11) is 0. The first-order chi connectivity index (χ1) is 14.3. The number of allylic oxidation sites excluding steroid dienone is 2. The Hall–Kier alpha value is -2.37. The van der Waals surface area contributed by atoms with Gasteiger partial charge in [-0.1, -0.05) is 65.6 Å². The molecule has 0 spiro atoms. The third-order valence-corrected chi connectivity index (χ3v) is 6.69. The number of Topliss-reactive ketones (excluding diaryl/α,β-unsaturated/α-hetero) is 1. The van der Waals surface area contributed by atoms with Crippen LogP contribution in [0.1, 0.15) is 43.7 Å². The van der Waals surface area contributed by atoms with E-state index in [9.17, 15) is 4.79 Å². The minimum Gasteiger partial charge on any atom is -0.342 e. The largest absolute Gasteiger partial charge is 0.342 e. The number of anilines is 1. The minimum atomic E-state index is -0.169. The second-order valence-corrected chi connectivity index (χ2v) is 10.2. The fourth-order valence-corrected chi connectivity index (χ4v) is 5.01. The average molecular weight is 483 g/mol. The van der Waals surface area contributed by atoms with Crippen molar-refractivity contribution >= 4 is 39.1 Å². The molecular formula is C24H21BrClN3O. The normalized spacial score (nSPS) is 19.9. The molecule has 1 aromatic heterocycles. The highest BCUT2D eigenvalue weighted by Crippen LogP contribution is 2.50. The maximum absolute atomic E-state index is 13.4. The number of carbonyl (C=O) groups excluding carboxylic acids is 1. The molecule has 0 amide bonds. The van der Waals surface area contributed by atoms with Gasteiger partial charge in [0.05, 0.1) is 5.69 Å². The van der Waals surface area contributed by atoms with E-state index in [-0.39, 0.29) is 17.1 Å². The van der Waals surface area contributed by atoms with Crippen molar-refractivity contribution in [1.29, 1.82) is 0 Å². The van der Waals surface area contributed by atoms with Gasteiger partial charge in [0.1, 0.15) is 0 Å². The highest BCUT2D eigenvalue weighted by molar-refractivity contribution is 9.10. The molecule has 2 N–H and O–H groups in total. The van der Waals surface area contributed by atoms with Gasteiger partial charge >= 0.3 is 0 Å². The fraction of sp³-hybridized carbons (Fsp3) is 0.250. The van der Waals surface area contributed by atoms with Gasteiger partial charge < -0.3 is 5.32 Å². The fourth-order valence-electron chi connectivity index (χ4n) is 4.62. The predicted octanol–water partition coefficient (Wildman–Crippen LogP) is 6.69. The van der Waals surface area contributed by atoms with Crippen LogP contribution in [0, 0.1) is 5.41 Å². The Labute approximate surface area is 188 Å². The molecule has 5 rings (SSSR count). The zero-order valence-corrected chi connectivity index (χ0v) is 19.1. The first kappa shape index (κ1) is 19.6. The van der Waals surface area contributed by atoms with E-state index in [2.05, 4.69) is 57.4 Å². The zero-order valence-electron chi connectivity index (χ0n) is 16.7. The van der Waals surface area contributed by atoms with Gasteiger partial charge in [0, 0.05) is 44.2 Å². The van der Waals surface area contributed by atoms with Crippen molar-refractivity contribution in [3.05, 3.63) is 80.4 Å². The number of nitrogens with zero attached hydrogens (tertiary/aromatic N) is 1. The number of benzene rings is 2. The number of nitrogens with one attached hydrogen (secondary N) is 2. The number of fused-ring (bicyclic) bond motifs is 1. The summed E-state index contributed by atoms with van der Waals surface area (Å²) in [5.74, 6) is 0.824. The molecule has 2 heterocycles. The molecule has 0 saturated carbocycles. The molecule has 2 aliphatic rings. The molecular weight excluding hydrogens is 462 g/mol. The average Bonchev–Trinajstić information content (AvgIpc) is 3.10. The molecule has 1 atom stereocenters. The van der Waals surface area contributed by atoms with E-state index in [0.717, 1.165) is 50.4 Å². The maximum atomic E-state index is 13.4. The van der Waals surface area contributed by atoms with E-state index in [1.54, 1.807) is 0 Å². The number of hydrogen-bond acceptors (Lipinski definition) is 3. The summed E-state index contributed by atoms with van der Waals surface area (Å²) in [5, 5.41) is 12.0. The van der Waals surface area contributed by atoms with Crippen LogP contribution < -0.4 is 5.32 Å². The second-order valence-electron chi connectivity index (χ2n) is 8.81. The number of rotatable bonds is 2. The maximum Gasteiger partial charge on any atom is 0.162 e. The molecule has 0 bridgehead atoms. The van der Waals surface area contributed by atoms with Gasteiger partial charge in [-0.15, -0.1) is 0 Å². The number of carbonyl (C=O) groups is 1. The van der Waals surface area contributed by atoms with E-state index in [1.807, 2.05) is 36.4 Å². The number of hydrogen-bond donors (Lipinski definition) is 2. The lowest BCUT2D eigenvalue weighted by Crippen LogP contribution is -2.33. The molecule has 1 unspecified atom stereocenters. The van der Waals surface area contributed by atoms with Gasteiger partial charge in [0.2, 0.25) is 0 Å². The van der Waals surface area contributed by atoms with Crippen molar-refractivity contribution in [2.24, 2.45) is 5.41 Å². The van der Waals surface area contributed by atoms with E-state index in [0.29, 0.717) is 11.4 Å². The Morgan fingerprint density at radius 1 is 1.07 bits per heavy atom. The number of ketones is 1. The van der Waals surface area contributed by atoms with Gasteiger partial charge in [0.15, 0.2) is 11.6 Å². The Morgan fingerprint density at radius 3 is 2.47 bits per heavy atom. The molecule has 4 nitrogen and oxygen atoms in total. The van der Waals surface area contributed by atoms with Crippen LogP contribution in [-0.4, -0.2) is 16.0 Å². The second kappa shape index (κ2) is 7.10. The Bertz CT molecular complexity index is 1180. The molecule has 0 fully saturated rings. The molecule has 30 heavy (non-hydrogen) atoms. The zero-order chi connectivity index (χ0) is 21.0. The van der Waals surface area contributed by atoms with Crippen LogP contribution >= 0.6 is 27.5 Å². The minimum absolute atomic E-state index is 0.0694. The smallest absolute Gasteiger partial charge is 0.162 e. The predicted molar refractivity (Wildman–Crippen MR) is 124 cm³/mol. The Kier molecular flexibility index (Phi) is 4.64. The van der Waals surface area contributed by atoms with Gasteiger partial charge in [0.25, 0.3) is 0 Å². The first-order valence-corrected chi connectivity index (χ1v) is 11.1. The number of aromatic nitrogens is 2.